The molecule has 0 saturated heterocycles. The fourth-order valence-corrected chi connectivity index (χ4v) is 1.87. The summed E-state index contributed by atoms with van der Waals surface area (Å²) >= 11 is 0. The number of carbonyl (C=O) groups is 1. The molecule has 17 heavy (non-hydrogen) atoms. The molecular weight excluding hydrogens is 214 g/mol. The second kappa shape index (κ2) is 5.84. The van der Waals surface area contributed by atoms with Crippen molar-refractivity contribution in [2.45, 2.75) is 27.7 Å². The van der Waals surface area contributed by atoms with E-state index in [0.717, 1.165) is 13.1 Å². The molecular formula is C13H23N3O. The van der Waals surface area contributed by atoms with E-state index in [2.05, 4.69) is 32.8 Å². The maximum atomic E-state index is 12.4. The van der Waals surface area contributed by atoms with Crippen molar-refractivity contribution in [3.05, 3.63) is 18.0 Å². The molecule has 0 saturated carbocycles. The van der Waals surface area contributed by atoms with Gasteiger partial charge in [0.1, 0.15) is 5.69 Å². The highest BCUT2D eigenvalue weighted by Crippen LogP contribution is 2.09. The first-order valence-corrected chi connectivity index (χ1v) is 6.19. The molecule has 4 nitrogen and oxygen atoms in total. The maximum Gasteiger partial charge on any atom is 0.272 e. The summed E-state index contributed by atoms with van der Waals surface area (Å²) in [4.78, 5) is 14.3. The lowest BCUT2D eigenvalue weighted by molar-refractivity contribution is 0.0704. The van der Waals surface area contributed by atoms with Crippen molar-refractivity contribution in [2.24, 2.45) is 18.9 Å². The normalized spacial score (nSPS) is 11.2. The molecule has 1 aromatic heterocycles. The lowest BCUT2D eigenvalue weighted by Gasteiger charge is -2.26. The number of amides is 1. The first-order chi connectivity index (χ1) is 7.91. The van der Waals surface area contributed by atoms with Gasteiger partial charge in [0.2, 0.25) is 0 Å². The van der Waals surface area contributed by atoms with E-state index in [1.54, 1.807) is 24.0 Å². The average Bonchev–Trinajstić information content (AvgIpc) is 2.61. The van der Waals surface area contributed by atoms with Crippen LogP contribution in [0.15, 0.2) is 12.3 Å². The Kier molecular flexibility index (Phi) is 4.73. The molecule has 1 aromatic rings. The van der Waals surface area contributed by atoms with Gasteiger partial charge in [0.25, 0.3) is 5.91 Å². The van der Waals surface area contributed by atoms with E-state index in [1.807, 2.05) is 4.90 Å². The van der Waals surface area contributed by atoms with Crippen molar-refractivity contribution in [3.63, 3.8) is 0 Å². The van der Waals surface area contributed by atoms with Crippen LogP contribution in [-0.4, -0.2) is 33.7 Å². The van der Waals surface area contributed by atoms with Crippen LogP contribution in [-0.2, 0) is 7.05 Å². The molecule has 1 amide bonds. The van der Waals surface area contributed by atoms with E-state index in [-0.39, 0.29) is 5.91 Å². The molecule has 4 heteroatoms. The molecule has 0 aliphatic heterocycles. The smallest absolute Gasteiger partial charge is 0.272 e. The van der Waals surface area contributed by atoms with E-state index >= 15 is 0 Å². The number of carbonyl (C=O) groups excluding carboxylic acids is 1. The zero-order valence-electron chi connectivity index (χ0n) is 11.5. The Morgan fingerprint density at radius 3 is 2.18 bits per heavy atom. The molecule has 1 rings (SSSR count). The van der Waals surface area contributed by atoms with Gasteiger partial charge >= 0.3 is 0 Å². The third-order valence-electron chi connectivity index (χ3n) is 2.50. The summed E-state index contributed by atoms with van der Waals surface area (Å²) < 4.78 is 1.63. The van der Waals surface area contributed by atoms with Crippen molar-refractivity contribution >= 4 is 5.91 Å². The molecule has 1 heterocycles. The Balaban J connectivity index is 2.82. The van der Waals surface area contributed by atoms with Gasteiger partial charge in [-0.25, -0.2) is 0 Å². The second-order valence-electron chi connectivity index (χ2n) is 5.34. The monoisotopic (exact) mass is 237 g/mol. The lowest BCUT2D eigenvalue weighted by atomic mass is 10.1. The minimum absolute atomic E-state index is 0.0763. The van der Waals surface area contributed by atoms with Crippen molar-refractivity contribution in [2.75, 3.05) is 13.1 Å². The summed E-state index contributed by atoms with van der Waals surface area (Å²) in [5.41, 5.74) is 0.659. The Hall–Kier alpha value is -1.32. The standard InChI is InChI=1S/C13H23N3O/c1-10(2)8-16(9-11(3)4)13(17)12-6-7-14-15(12)5/h6-7,10-11H,8-9H2,1-5H3. The summed E-state index contributed by atoms with van der Waals surface area (Å²) in [5, 5.41) is 4.05. The van der Waals surface area contributed by atoms with Crippen LogP contribution < -0.4 is 0 Å². The largest absolute Gasteiger partial charge is 0.337 e. The van der Waals surface area contributed by atoms with Crippen LogP contribution in [0.4, 0.5) is 0 Å². The van der Waals surface area contributed by atoms with Gasteiger partial charge in [0, 0.05) is 26.3 Å². The topological polar surface area (TPSA) is 38.1 Å². The van der Waals surface area contributed by atoms with Crippen molar-refractivity contribution in [1.82, 2.24) is 14.7 Å². The second-order valence-corrected chi connectivity index (χ2v) is 5.34. The molecule has 0 atom stereocenters. The van der Waals surface area contributed by atoms with Gasteiger partial charge in [0.05, 0.1) is 0 Å². The van der Waals surface area contributed by atoms with Crippen LogP contribution in [0.25, 0.3) is 0 Å². The molecule has 0 bridgehead atoms. The number of hydrogen-bond donors (Lipinski definition) is 0. The van der Waals surface area contributed by atoms with Gasteiger partial charge in [0.15, 0.2) is 0 Å². The minimum atomic E-state index is 0.0763. The van der Waals surface area contributed by atoms with Crippen LogP contribution in [0.3, 0.4) is 0 Å². The highest BCUT2D eigenvalue weighted by Gasteiger charge is 2.20. The van der Waals surface area contributed by atoms with Crippen LogP contribution >= 0.6 is 0 Å². The lowest BCUT2D eigenvalue weighted by Crippen LogP contribution is -2.37. The number of nitrogens with zero attached hydrogens (tertiary/aromatic N) is 3. The highest BCUT2D eigenvalue weighted by atomic mass is 16.2. The Labute approximate surface area is 104 Å². The highest BCUT2D eigenvalue weighted by molar-refractivity contribution is 5.92. The predicted octanol–water partition coefficient (Wildman–Crippen LogP) is 2.17. The molecule has 96 valence electrons. The van der Waals surface area contributed by atoms with Crippen molar-refractivity contribution in [3.8, 4) is 0 Å². The quantitative estimate of drug-likeness (QED) is 0.787. The van der Waals surface area contributed by atoms with E-state index in [4.69, 9.17) is 0 Å². The Morgan fingerprint density at radius 2 is 1.82 bits per heavy atom. The summed E-state index contributed by atoms with van der Waals surface area (Å²) in [6.07, 6.45) is 1.66. The van der Waals surface area contributed by atoms with E-state index < -0.39 is 0 Å². The van der Waals surface area contributed by atoms with Gasteiger partial charge in [-0.2, -0.15) is 5.10 Å². The van der Waals surface area contributed by atoms with Gasteiger partial charge in [-0.1, -0.05) is 27.7 Å². The van der Waals surface area contributed by atoms with Gasteiger partial charge in [-0.15, -0.1) is 0 Å². The summed E-state index contributed by atoms with van der Waals surface area (Å²) in [5.74, 6) is 1.03. The average molecular weight is 237 g/mol. The Morgan fingerprint density at radius 1 is 1.29 bits per heavy atom. The third kappa shape index (κ3) is 3.88. The first kappa shape index (κ1) is 13.7. The fourth-order valence-electron chi connectivity index (χ4n) is 1.87. The van der Waals surface area contributed by atoms with Crippen LogP contribution in [0.1, 0.15) is 38.2 Å². The number of aromatic nitrogens is 2. The molecule has 0 aliphatic carbocycles. The number of rotatable bonds is 5. The maximum absolute atomic E-state index is 12.4. The number of hydrogen-bond acceptors (Lipinski definition) is 2. The van der Waals surface area contributed by atoms with Gasteiger partial charge < -0.3 is 4.90 Å². The van der Waals surface area contributed by atoms with E-state index in [1.165, 1.54) is 0 Å². The predicted molar refractivity (Wildman–Crippen MR) is 68.8 cm³/mol. The molecule has 0 aliphatic rings. The molecule has 0 aromatic carbocycles. The zero-order valence-corrected chi connectivity index (χ0v) is 11.5. The van der Waals surface area contributed by atoms with E-state index in [0.29, 0.717) is 17.5 Å². The van der Waals surface area contributed by atoms with Gasteiger partial charge in [-0.05, 0) is 17.9 Å². The SMILES string of the molecule is CC(C)CN(CC(C)C)C(=O)c1ccnn1C. The fraction of sp³-hybridized carbons (Fsp3) is 0.692. The van der Waals surface area contributed by atoms with Crippen molar-refractivity contribution < 1.29 is 4.79 Å². The zero-order chi connectivity index (χ0) is 13.0. The third-order valence-corrected chi connectivity index (χ3v) is 2.50. The first-order valence-electron chi connectivity index (χ1n) is 6.19. The molecule has 0 unspecified atom stereocenters. The summed E-state index contributed by atoms with van der Waals surface area (Å²) in [6.45, 7) is 10.1. The minimum Gasteiger partial charge on any atom is -0.337 e. The van der Waals surface area contributed by atoms with Crippen LogP contribution in [0.5, 0.6) is 0 Å². The van der Waals surface area contributed by atoms with E-state index in [9.17, 15) is 4.79 Å². The summed E-state index contributed by atoms with van der Waals surface area (Å²) in [7, 11) is 1.80. The Bertz CT molecular complexity index is 358. The van der Waals surface area contributed by atoms with Crippen LogP contribution in [0, 0.1) is 11.8 Å². The summed E-state index contributed by atoms with van der Waals surface area (Å²) in [6, 6.07) is 1.77. The molecule has 0 spiro atoms. The molecule has 0 radical (unpaired) electrons. The molecule has 0 N–H and O–H groups in total. The van der Waals surface area contributed by atoms with Crippen molar-refractivity contribution in [1.29, 1.82) is 0 Å². The van der Waals surface area contributed by atoms with Gasteiger partial charge in [-0.3, -0.25) is 9.48 Å². The van der Waals surface area contributed by atoms with Crippen LogP contribution in [0.2, 0.25) is 0 Å². The molecule has 0 fully saturated rings. The number of aryl methyl sites for hydroxylation is 1.